The van der Waals surface area contributed by atoms with Gasteiger partial charge in [-0.15, -0.1) is 0 Å². The number of aliphatic carboxylic acids is 4. The molecule has 0 saturated carbocycles. The molecule has 0 rings (SSSR count). The minimum Gasteiger partial charge on any atom is -0.547 e. The Morgan fingerprint density at radius 1 is 0.315 bits per heavy atom. The number of aliphatic hydroxyl groups excluding tert-OH is 20. The van der Waals surface area contributed by atoms with E-state index in [0.717, 1.165) is 0 Å². The second-order valence-electron chi connectivity index (χ2n) is 9.98. The molecular weight excluding hydrogens is 815 g/mol. The fraction of sp³-hybridized carbons (Fsp3) is 0.833. The van der Waals surface area contributed by atoms with Gasteiger partial charge in [-0.1, -0.05) is 0 Å². The van der Waals surface area contributed by atoms with Crippen LogP contribution in [0.2, 0.25) is 0 Å². The van der Waals surface area contributed by atoms with Crippen LogP contribution in [0, 0.1) is 0 Å². The first-order valence-corrected chi connectivity index (χ1v) is 13.8. The van der Waals surface area contributed by atoms with Gasteiger partial charge in [-0.3, -0.25) is 0 Å². The average Bonchev–Trinajstić information content (AvgIpc) is 3.12. The van der Waals surface area contributed by atoms with Crippen molar-refractivity contribution in [1.29, 1.82) is 0 Å². The van der Waals surface area contributed by atoms with Crippen LogP contribution in [0.1, 0.15) is 0 Å². The third-order valence-corrected chi connectivity index (χ3v) is 5.98. The Morgan fingerprint density at radius 3 is 0.500 bits per heavy atom. The van der Waals surface area contributed by atoms with Crippen LogP contribution in [0.25, 0.3) is 0 Å². The summed E-state index contributed by atoms with van der Waals surface area (Å²) in [7, 11) is 0. The SMILES string of the molecule is O=C([O-])[C@H](O)[C@@H](O)[C@H](O)[C@H](O)CO.O=C([O-])[C@H](O)[C@@H](O)[C@H](O)[C@H](O)CO.O=C([O-])[C@H](O)[C@@H](O)[C@H](O)[C@H](O)CO.O=C([O-])[C@H](O)[C@@H](O)[C@H](O)[C@H](O)CO.[Fe+3].[Na+]. The third-order valence-electron chi connectivity index (χ3n) is 5.98. The van der Waals surface area contributed by atoms with Gasteiger partial charge in [-0.05, 0) is 0 Å². The van der Waals surface area contributed by atoms with E-state index in [9.17, 15) is 39.6 Å². The molecule has 54 heavy (non-hydrogen) atoms. The molecule has 0 aromatic carbocycles. The Kier molecular flexibility index (Phi) is 40.3. The molecule has 0 heterocycles. The normalized spacial score (nSPS) is 19.6. The fourth-order valence-electron chi connectivity index (χ4n) is 2.65. The van der Waals surface area contributed by atoms with E-state index in [2.05, 4.69) is 0 Å². The Morgan fingerprint density at radius 2 is 0.426 bits per heavy atom. The summed E-state index contributed by atoms with van der Waals surface area (Å²) >= 11 is 0. The molecule has 317 valence electrons. The van der Waals surface area contributed by atoms with Crippen LogP contribution in [0.5, 0.6) is 0 Å². The maximum Gasteiger partial charge on any atom is 3.00 e. The van der Waals surface area contributed by atoms with Gasteiger partial charge in [-0.2, -0.15) is 0 Å². The van der Waals surface area contributed by atoms with Crippen molar-refractivity contribution in [2.45, 2.75) is 97.7 Å². The van der Waals surface area contributed by atoms with Crippen LogP contribution >= 0.6 is 0 Å². The zero-order valence-electron chi connectivity index (χ0n) is 27.6. The molecule has 0 aliphatic heterocycles. The van der Waals surface area contributed by atoms with Gasteiger partial charge < -0.3 is 142 Å². The predicted molar refractivity (Wildman–Crippen MR) is 144 cm³/mol. The van der Waals surface area contributed by atoms with Gasteiger partial charge in [0.05, 0.1) is 50.3 Å². The number of hydrogen-bond donors (Lipinski definition) is 20. The standard InChI is InChI=1S/4C6H12O7.Fe.Na/c4*7-1-2(8)3(9)4(10)5(11)6(12)13;;/h4*2-5,7-11H,1H2,(H,12,13);;/q;;;;+3;+1/p-4/t4*2-,3-,4+,5-;;/m1111../s1. The second-order valence-corrected chi connectivity index (χ2v) is 9.98. The first kappa shape index (κ1) is 64.5. The van der Waals surface area contributed by atoms with Gasteiger partial charge >= 0.3 is 46.6 Å². The largest absolute Gasteiger partial charge is 3.00 e. The molecule has 0 amide bonds. The fourth-order valence-corrected chi connectivity index (χ4v) is 2.65. The molecule has 1 radical (unpaired) electrons. The molecule has 30 heteroatoms. The minimum absolute atomic E-state index is 0. The van der Waals surface area contributed by atoms with Crippen LogP contribution in [0.3, 0.4) is 0 Å². The third kappa shape index (κ3) is 25.0. The van der Waals surface area contributed by atoms with Gasteiger partial charge in [0.2, 0.25) is 0 Å². The van der Waals surface area contributed by atoms with Crippen LogP contribution in [-0.2, 0) is 36.2 Å². The summed E-state index contributed by atoms with van der Waals surface area (Å²) in [6.45, 7) is -3.45. The van der Waals surface area contributed by atoms with Crippen molar-refractivity contribution in [2.75, 3.05) is 26.4 Å². The Hall–Kier alpha value is -1.40. The molecule has 20 N–H and O–H groups in total. The van der Waals surface area contributed by atoms with Gasteiger partial charge in [0, 0.05) is 0 Å². The van der Waals surface area contributed by atoms with Crippen molar-refractivity contribution in [3.05, 3.63) is 0 Å². The van der Waals surface area contributed by atoms with Crippen molar-refractivity contribution in [2.24, 2.45) is 0 Å². The Balaban J connectivity index is -0.000000140. The Labute approximate surface area is 335 Å². The molecule has 28 nitrogen and oxygen atoms in total. The van der Waals surface area contributed by atoms with Gasteiger partial charge in [0.15, 0.2) is 0 Å². The number of aliphatic hydroxyl groups is 20. The predicted octanol–water partition coefficient (Wildman–Crippen LogP) is -22.3. The molecule has 0 saturated heterocycles. The monoisotopic (exact) mass is 859 g/mol. The van der Waals surface area contributed by atoms with Crippen molar-refractivity contribution < 1.29 is 188 Å². The molecule has 0 aromatic heterocycles. The molecular formula is C24H44FeNaO28. The van der Waals surface area contributed by atoms with Gasteiger partial charge in [0.1, 0.15) is 97.7 Å². The van der Waals surface area contributed by atoms with E-state index in [1.807, 2.05) is 0 Å². The summed E-state index contributed by atoms with van der Waals surface area (Å²) in [5, 5.41) is 214. The number of carbonyl (C=O) groups is 4. The number of carboxylic acids is 4. The topological polar surface area (TPSA) is 565 Å². The molecule has 0 aliphatic carbocycles. The first-order valence-electron chi connectivity index (χ1n) is 13.8. The average molecular weight is 859 g/mol. The molecule has 16 atom stereocenters. The molecule has 0 aromatic rings. The quantitative estimate of drug-likeness (QED) is 0.0505. The van der Waals surface area contributed by atoms with Crippen molar-refractivity contribution >= 4 is 23.9 Å². The summed E-state index contributed by atoms with van der Waals surface area (Å²) in [6.07, 6.45) is -32.3. The number of carbonyl (C=O) groups excluding carboxylic acids is 4. The van der Waals surface area contributed by atoms with Gasteiger partial charge in [-0.25, -0.2) is 0 Å². The zero-order chi connectivity index (χ0) is 42.4. The number of hydrogen-bond acceptors (Lipinski definition) is 28. The van der Waals surface area contributed by atoms with Crippen LogP contribution in [0.4, 0.5) is 0 Å². The second kappa shape index (κ2) is 33.7. The van der Waals surface area contributed by atoms with Crippen LogP contribution in [-0.4, -0.2) is 250 Å². The van der Waals surface area contributed by atoms with E-state index in [0.29, 0.717) is 0 Å². The summed E-state index contributed by atoms with van der Waals surface area (Å²) in [6, 6.07) is 0. The van der Waals surface area contributed by atoms with Crippen molar-refractivity contribution in [1.82, 2.24) is 0 Å². The number of carboxylic acid groups (broad SMARTS) is 4. The summed E-state index contributed by atoms with van der Waals surface area (Å²) in [5.41, 5.74) is 0. The first-order chi connectivity index (χ1) is 23.7. The smallest absolute Gasteiger partial charge is 0.547 e. The van der Waals surface area contributed by atoms with Gasteiger partial charge in [0.25, 0.3) is 0 Å². The maximum absolute atomic E-state index is 9.98. The number of rotatable bonds is 20. The van der Waals surface area contributed by atoms with E-state index in [1.54, 1.807) is 0 Å². The van der Waals surface area contributed by atoms with E-state index < -0.39 is 148 Å². The van der Waals surface area contributed by atoms with Crippen LogP contribution < -0.4 is 50.0 Å². The Bertz CT molecular complexity index is 848. The van der Waals surface area contributed by atoms with Crippen molar-refractivity contribution in [3.8, 4) is 0 Å². The minimum atomic E-state index is -2.31. The molecule has 0 fully saturated rings. The van der Waals surface area contributed by atoms with E-state index >= 15 is 0 Å². The van der Waals surface area contributed by atoms with Crippen LogP contribution in [0.15, 0.2) is 0 Å². The van der Waals surface area contributed by atoms with E-state index in [4.69, 9.17) is 102 Å². The maximum atomic E-state index is 9.98. The van der Waals surface area contributed by atoms with E-state index in [1.165, 1.54) is 0 Å². The summed E-state index contributed by atoms with van der Waals surface area (Å²) in [5.74, 6) is -7.90. The summed E-state index contributed by atoms with van der Waals surface area (Å²) in [4.78, 5) is 39.9. The van der Waals surface area contributed by atoms with Crippen molar-refractivity contribution in [3.63, 3.8) is 0 Å². The van der Waals surface area contributed by atoms with E-state index in [-0.39, 0.29) is 46.6 Å². The molecule has 0 bridgehead atoms. The molecule has 0 spiro atoms. The molecule has 0 unspecified atom stereocenters. The summed E-state index contributed by atoms with van der Waals surface area (Å²) < 4.78 is 0. The zero-order valence-corrected chi connectivity index (χ0v) is 30.7. The molecule has 0 aliphatic rings.